The van der Waals surface area contributed by atoms with Gasteiger partial charge < -0.3 is 33.8 Å². The molecule has 2 unspecified atom stereocenters. The molecule has 0 saturated carbocycles. The molecule has 5 atom stereocenters. The topological polar surface area (TPSA) is 237 Å². The quantitative estimate of drug-likeness (QED) is 0.0222. The standard InChI is InChI=1S/C67H130O17P2/c1-7-9-11-13-15-23-31-37-43-49-64(69)77-55-62(83-66(71)51-45-39-33-24-16-14-12-10-8-2)57-81-85(73,74)79-53-61(68)54-80-86(75,76)82-58-63(56-78-65(70)50-44-38-32-28-27-30-36-42-48-60(5)6)84-67(72)52-46-40-34-26-22-20-18-17-19-21-25-29-35-41-47-59(3)4/h59-63,68H,7-58H2,1-6H3,(H,73,74)(H,75,76)/t61-,62+,63+/m0/s1. The van der Waals surface area contributed by atoms with Gasteiger partial charge in [0.25, 0.3) is 0 Å². The Hall–Kier alpha value is -1.94. The van der Waals surface area contributed by atoms with Crippen LogP contribution in [0.3, 0.4) is 0 Å². The van der Waals surface area contributed by atoms with E-state index in [2.05, 4.69) is 41.5 Å². The van der Waals surface area contributed by atoms with Crippen LogP contribution in [0.4, 0.5) is 0 Å². The maximum absolute atomic E-state index is 13.0. The number of phosphoric ester groups is 2. The zero-order chi connectivity index (χ0) is 63.6. The minimum atomic E-state index is -4.95. The number of phosphoric acid groups is 2. The van der Waals surface area contributed by atoms with Crippen molar-refractivity contribution in [1.82, 2.24) is 0 Å². The third-order valence-corrected chi connectivity index (χ3v) is 17.4. The number of rotatable bonds is 66. The second-order valence-corrected chi connectivity index (χ2v) is 28.1. The zero-order valence-electron chi connectivity index (χ0n) is 55.6. The highest BCUT2D eigenvalue weighted by Crippen LogP contribution is 2.45. The second kappa shape index (κ2) is 59.4. The van der Waals surface area contributed by atoms with E-state index in [-0.39, 0.29) is 25.7 Å². The molecule has 0 aromatic heterocycles. The predicted octanol–water partition coefficient (Wildman–Crippen LogP) is 18.8. The highest BCUT2D eigenvalue weighted by molar-refractivity contribution is 7.47. The van der Waals surface area contributed by atoms with Crippen molar-refractivity contribution in [3.8, 4) is 0 Å². The summed E-state index contributed by atoms with van der Waals surface area (Å²) in [5, 5.41) is 10.5. The molecule has 0 aromatic rings. The van der Waals surface area contributed by atoms with E-state index < -0.39 is 97.5 Å². The van der Waals surface area contributed by atoms with E-state index in [1.165, 1.54) is 154 Å². The van der Waals surface area contributed by atoms with Gasteiger partial charge >= 0.3 is 39.5 Å². The van der Waals surface area contributed by atoms with Crippen LogP contribution in [0.5, 0.6) is 0 Å². The van der Waals surface area contributed by atoms with Gasteiger partial charge in [-0.3, -0.25) is 37.3 Å². The van der Waals surface area contributed by atoms with Crippen molar-refractivity contribution in [3.63, 3.8) is 0 Å². The first kappa shape index (κ1) is 84.1. The largest absolute Gasteiger partial charge is 0.472 e. The van der Waals surface area contributed by atoms with Gasteiger partial charge in [-0.15, -0.1) is 0 Å². The number of hydrogen-bond donors (Lipinski definition) is 3. The van der Waals surface area contributed by atoms with E-state index in [4.69, 9.17) is 37.0 Å². The molecule has 19 heteroatoms. The van der Waals surface area contributed by atoms with Gasteiger partial charge in [-0.25, -0.2) is 9.13 Å². The van der Waals surface area contributed by atoms with Crippen molar-refractivity contribution >= 4 is 39.5 Å². The molecule has 510 valence electrons. The van der Waals surface area contributed by atoms with Crippen molar-refractivity contribution in [2.45, 2.75) is 355 Å². The molecule has 0 bridgehead atoms. The average Bonchev–Trinajstić information content (AvgIpc) is 3.64. The van der Waals surface area contributed by atoms with Crippen LogP contribution in [0.15, 0.2) is 0 Å². The first-order chi connectivity index (χ1) is 41.4. The number of hydrogen-bond acceptors (Lipinski definition) is 15. The lowest BCUT2D eigenvalue weighted by molar-refractivity contribution is -0.161. The minimum absolute atomic E-state index is 0.106. The number of unbranched alkanes of at least 4 members (excludes halogenated alkanes) is 36. The van der Waals surface area contributed by atoms with Gasteiger partial charge in [-0.05, 0) is 37.5 Å². The lowest BCUT2D eigenvalue weighted by Gasteiger charge is -2.21. The minimum Gasteiger partial charge on any atom is -0.462 e. The third kappa shape index (κ3) is 60.9. The Morgan fingerprint density at radius 3 is 0.791 bits per heavy atom. The number of carbonyl (C=O) groups is 4. The maximum atomic E-state index is 13.0. The summed E-state index contributed by atoms with van der Waals surface area (Å²) in [7, 11) is -9.89. The smallest absolute Gasteiger partial charge is 0.462 e. The Bertz CT molecular complexity index is 1680. The summed E-state index contributed by atoms with van der Waals surface area (Å²) < 4.78 is 68.1. The molecule has 17 nitrogen and oxygen atoms in total. The first-order valence-corrected chi connectivity index (χ1v) is 38.0. The fourth-order valence-electron chi connectivity index (χ4n) is 10.1. The van der Waals surface area contributed by atoms with E-state index in [0.29, 0.717) is 25.7 Å². The summed E-state index contributed by atoms with van der Waals surface area (Å²) in [6.45, 7) is 9.48. The summed E-state index contributed by atoms with van der Waals surface area (Å²) in [6, 6.07) is 0. The summed E-state index contributed by atoms with van der Waals surface area (Å²) in [5.74, 6) is -0.610. The summed E-state index contributed by atoms with van der Waals surface area (Å²) in [6.07, 6.45) is 43.1. The summed E-state index contributed by atoms with van der Waals surface area (Å²) >= 11 is 0. The molecule has 0 aromatic carbocycles. The zero-order valence-corrected chi connectivity index (χ0v) is 57.4. The Morgan fingerprint density at radius 1 is 0.314 bits per heavy atom. The van der Waals surface area contributed by atoms with Crippen molar-refractivity contribution in [2.75, 3.05) is 39.6 Å². The summed E-state index contributed by atoms with van der Waals surface area (Å²) in [5.41, 5.74) is 0. The van der Waals surface area contributed by atoms with Crippen LogP contribution in [0.25, 0.3) is 0 Å². The molecule has 0 fully saturated rings. The SMILES string of the molecule is CCCCCCCCCCCC(=O)OC[C@H](COP(=O)(O)OC[C@H](O)COP(=O)(O)OC[C@@H](COC(=O)CCCCCCCCCCC(C)C)OC(=O)CCCCCCCCCCCCCCCCC(C)C)OC(=O)CCCCCCCCCCC. The molecule has 0 saturated heterocycles. The normalized spacial score (nSPS) is 14.2. The molecule has 0 aliphatic rings. The molecule has 3 N–H and O–H groups in total. The van der Waals surface area contributed by atoms with Crippen LogP contribution < -0.4 is 0 Å². The number of carbonyl (C=O) groups excluding carboxylic acids is 4. The number of ether oxygens (including phenoxy) is 4. The Labute approximate surface area is 524 Å². The lowest BCUT2D eigenvalue weighted by Crippen LogP contribution is -2.30. The highest BCUT2D eigenvalue weighted by atomic mass is 31.2. The van der Waals surface area contributed by atoms with Crippen LogP contribution in [0, 0.1) is 11.8 Å². The fourth-order valence-corrected chi connectivity index (χ4v) is 11.6. The van der Waals surface area contributed by atoms with Crippen molar-refractivity contribution in [2.24, 2.45) is 11.8 Å². The number of aliphatic hydroxyl groups is 1. The molecular weight excluding hydrogens is 1140 g/mol. The molecule has 86 heavy (non-hydrogen) atoms. The van der Waals surface area contributed by atoms with Gasteiger partial charge in [0.2, 0.25) is 0 Å². The Kier molecular flexibility index (Phi) is 58.0. The maximum Gasteiger partial charge on any atom is 0.472 e. The number of aliphatic hydroxyl groups excluding tert-OH is 1. The van der Waals surface area contributed by atoms with Gasteiger partial charge in [-0.1, -0.05) is 286 Å². The average molecular weight is 1270 g/mol. The first-order valence-electron chi connectivity index (χ1n) is 35.0. The molecular formula is C67H130O17P2. The molecule has 0 spiro atoms. The van der Waals surface area contributed by atoms with Crippen LogP contribution in [0.2, 0.25) is 0 Å². The Morgan fingerprint density at radius 2 is 0.535 bits per heavy atom. The molecule has 0 aliphatic carbocycles. The van der Waals surface area contributed by atoms with Crippen molar-refractivity contribution in [1.29, 1.82) is 0 Å². The van der Waals surface area contributed by atoms with Crippen LogP contribution in [-0.2, 0) is 65.4 Å². The second-order valence-electron chi connectivity index (χ2n) is 25.2. The lowest BCUT2D eigenvalue weighted by atomic mass is 10.0. The molecule has 0 radical (unpaired) electrons. The van der Waals surface area contributed by atoms with Crippen LogP contribution >= 0.6 is 15.6 Å². The summed E-state index contributed by atoms with van der Waals surface area (Å²) in [4.78, 5) is 72.3. The van der Waals surface area contributed by atoms with E-state index in [1.54, 1.807) is 0 Å². The van der Waals surface area contributed by atoms with Gasteiger partial charge in [0.05, 0.1) is 26.4 Å². The third-order valence-electron chi connectivity index (χ3n) is 15.5. The predicted molar refractivity (Wildman–Crippen MR) is 345 cm³/mol. The van der Waals surface area contributed by atoms with Crippen molar-refractivity contribution in [3.05, 3.63) is 0 Å². The van der Waals surface area contributed by atoms with E-state index in [9.17, 15) is 43.2 Å². The van der Waals surface area contributed by atoms with Gasteiger partial charge in [0.15, 0.2) is 12.2 Å². The van der Waals surface area contributed by atoms with E-state index >= 15 is 0 Å². The molecule has 0 rings (SSSR count). The van der Waals surface area contributed by atoms with Crippen LogP contribution in [0.1, 0.15) is 337 Å². The van der Waals surface area contributed by atoms with Crippen molar-refractivity contribution < 1.29 is 80.2 Å². The van der Waals surface area contributed by atoms with E-state index in [1.807, 2.05) is 0 Å². The fraction of sp³-hybridized carbons (Fsp3) is 0.940. The van der Waals surface area contributed by atoms with Gasteiger partial charge in [0.1, 0.15) is 19.3 Å². The molecule has 0 amide bonds. The van der Waals surface area contributed by atoms with Gasteiger partial charge in [0, 0.05) is 25.7 Å². The number of esters is 4. The molecule has 0 heterocycles. The van der Waals surface area contributed by atoms with Crippen LogP contribution in [-0.4, -0.2) is 96.7 Å². The van der Waals surface area contributed by atoms with E-state index in [0.717, 1.165) is 102 Å². The molecule has 0 aliphatic heterocycles. The van der Waals surface area contributed by atoms with Gasteiger partial charge in [-0.2, -0.15) is 0 Å². The monoisotopic (exact) mass is 1270 g/mol. The highest BCUT2D eigenvalue weighted by Gasteiger charge is 2.30. The Balaban J connectivity index is 5.20.